The number of hydrogen-bond acceptors (Lipinski definition) is 6. The molecule has 0 radical (unpaired) electrons. The second-order valence-corrected chi connectivity index (χ2v) is 8.95. The zero-order valence-electron chi connectivity index (χ0n) is 19.5. The maximum Gasteiger partial charge on any atom is 0.337 e. The predicted molar refractivity (Wildman–Crippen MR) is 138 cm³/mol. The molecular weight excluding hydrogens is 487 g/mol. The van der Waals surface area contributed by atoms with E-state index in [-0.39, 0.29) is 18.5 Å². The lowest BCUT2D eigenvalue weighted by atomic mass is 10.0. The van der Waals surface area contributed by atoms with Crippen LogP contribution in [0.1, 0.15) is 41.4 Å². The second kappa shape index (κ2) is 10.8. The quantitative estimate of drug-likeness (QED) is 0.243. The summed E-state index contributed by atoms with van der Waals surface area (Å²) < 4.78 is 16.4. The van der Waals surface area contributed by atoms with Crippen molar-refractivity contribution in [2.24, 2.45) is 0 Å². The number of rotatable bonds is 8. The Labute approximate surface area is 213 Å². The van der Waals surface area contributed by atoms with Gasteiger partial charge in [-0.15, -0.1) is 0 Å². The van der Waals surface area contributed by atoms with E-state index in [4.69, 9.17) is 37.2 Å². The van der Waals surface area contributed by atoms with Gasteiger partial charge in [0.1, 0.15) is 23.8 Å². The summed E-state index contributed by atoms with van der Waals surface area (Å²) in [6, 6.07) is 19.9. The minimum atomic E-state index is -0.369. The van der Waals surface area contributed by atoms with E-state index in [0.717, 1.165) is 22.7 Å². The summed E-state index contributed by atoms with van der Waals surface area (Å²) in [5, 5.41) is 8.55. The molecule has 4 aromatic rings. The van der Waals surface area contributed by atoms with E-state index < -0.39 is 0 Å². The Kier molecular flexibility index (Phi) is 7.63. The van der Waals surface area contributed by atoms with Gasteiger partial charge in [0.2, 0.25) is 0 Å². The van der Waals surface area contributed by atoms with E-state index in [0.29, 0.717) is 32.6 Å². The summed E-state index contributed by atoms with van der Waals surface area (Å²) in [5.41, 5.74) is 4.23. The first-order valence-corrected chi connectivity index (χ1v) is 11.7. The lowest BCUT2D eigenvalue weighted by Gasteiger charge is -2.12. The van der Waals surface area contributed by atoms with Crippen LogP contribution in [0.15, 0.2) is 71.3 Å². The summed E-state index contributed by atoms with van der Waals surface area (Å²) in [6.45, 7) is 4.30. The third-order valence-corrected chi connectivity index (χ3v) is 6.00. The van der Waals surface area contributed by atoms with Crippen molar-refractivity contribution in [2.45, 2.75) is 26.4 Å². The van der Waals surface area contributed by atoms with E-state index in [9.17, 15) is 4.79 Å². The van der Waals surface area contributed by atoms with Gasteiger partial charge < -0.3 is 19.3 Å². The molecule has 180 valence electrons. The van der Waals surface area contributed by atoms with Crippen molar-refractivity contribution in [2.75, 3.05) is 12.4 Å². The van der Waals surface area contributed by atoms with E-state index >= 15 is 0 Å². The fourth-order valence-corrected chi connectivity index (χ4v) is 4.18. The molecule has 0 spiro atoms. The Hall–Kier alpha value is -3.48. The van der Waals surface area contributed by atoms with E-state index in [2.05, 4.69) is 10.5 Å². The molecule has 35 heavy (non-hydrogen) atoms. The molecule has 3 aromatic carbocycles. The molecule has 0 aliphatic rings. The number of aromatic nitrogens is 1. The van der Waals surface area contributed by atoms with Crippen molar-refractivity contribution in [3.05, 3.63) is 93.7 Å². The number of anilines is 2. The fraction of sp³-hybridized carbons (Fsp3) is 0.185. The van der Waals surface area contributed by atoms with E-state index in [1.54, 1.807) is 30.3 Å². The average molecular weight is 511 g/mol. The number of nitrogens with zero attached hydrogens (tertiary/aromatic N) is 1. The minimum absolute atomic E-state index is 0.105. The highest BCUT2D eigenvalue weighted by Crippen LogP contribution is 2.38. The van der Waals surface area contributed by atoms with Crippen LogP contribution in [0.4, 0.5) is 11.4 Å². The van der Waals surface area contributed by atoms with Gasteiger partial charge in [-0.05, 0) is 60.7 Å². The van der Waals surface area contributed by atoms with E-state index in [1.807, 2.05) is 50.2 Å². The first-order chi connectivity index (χ1) is 16.9. The SMILES string of the molecule is COC(=O)c1ccc(Nc2ccc(OCc3c(-c4c(Cl)cccc4Cl)noc3C(C)C)cc2)cc1. The topological polar surface area (TPSA) is 73.6 Å². The number of carbonyl (C=O) groups excluding carboxylic acids is 1. The molecule has 4 rings (SSSR count). The molecule has 0 fully saturated rings. The van der Waals surface area contributed by atoms with Gasteiger partial charge in [-0.2, -0.15) is 0 Å². The zero-order valence-corrected chi connectivity index (χ0v) is 21.0. The normalized spacial score (nSPS) is 10.9. The monoisotopic (exact) mass is 510 g/mol. The lowest BCUT2D eigenvalue weighted by Crippen LogP contribution is -2.02. The van der Waals surface area contributed by atoms with Crippen molar-refractivity contribution in [3.8, 4) is 17.0 Å². The van der Waals surface area contributed by atoms with Crippen LogP contribution < -0.4 is 10.1 Å². The third kappa shape index (κ3) is 5.61. The number of halogens is 2. The zero-order chi connectivity index (χ0) is 24.9. The van der Waals surface area contributed by atoms with Crippen LogP contribution in [0, 0.1) is 0 Å². The van der Waals surface area contributed by atoms with Gasteiger partial charge in [-0.1, -0.05) is 48.3 Å². The molecule has 0 amide bonds. The van der Waals surface area contributed by atoms with Gasteiger partial charge in [0, 0.05) is 22.9 Å². The molecule has 1 aromatic heterocycles. The second-order valence-electron chi connectivity index (χ2n) is 8.13. The molecule has 0 atom stereocenters. The van der Waals surface area contributed by atoms with Gasteiger partial charge in [-0.25, -0.2) is 4.79 Å². The maximum absolute atomic E-state index is 11.6. The molecule has 0 saturated carbocycles. The van der Waals surface area contributed by atoms with Crippen molar-refractivity contribution in [1.29, 1.82) is 0 Å². The Morgan fingerprint density at radius 3 is 2.14 bits per heavy atom. The number of benzene rings is 3. The number of hydrogen-bond donors (Lipinski definition) is 1. The number of methoxy groups -OCH3 is 1. The first kappa shape index (κ1) is 24.6. The van der Waals surface area contributed by atoms with Crippen LogP contribution in [-0.4, -0.2) is 18.2 Å². The van der Waals surface area contributed by atoms with Crippen LogP contribution in [-0.2, 0) is 11.3 Å². The van der Waals surface area contributed by atoms with E-state index in [1.165, 1.54) is 7.11 Å². The molecule has 6 nitrogen and oxygen atoms in total. The minimum Gasteiger partial charge on any atom is -0.489 e. The van der Waals surface area contributed by atoms with Gasteiger partial charge in [0.15, 0.2) is 0 Å². The van der Waals surface area contributed by atoms with Gasteiger partial charge >= 0.3 is 5.97 Å². The summed E-state index contributed by atoms with van der Waals surface area (Å²) in [4.78, 5) is 11.6. The summed E-state index contributed by atoms with van der Waals surface area (Å²) in [7, 11) is 1.36. The van der Waals surface area contributed by atoms with Crippen molar-refractivity contribution >= 4 is 40.5 Å². The van der Waals surface area contributed by atoms with Crippen LogP contribution in [0.25, 0.3) is 11.3 Å². The van der Waals surface area contributed by atoms with Crippen molar-refractivity contribution < 1.29 is 18.8 Å². The molecule has 0 bridgehead atoms. The maximum atomic E-state index is 11.6. The Balaban J connectivity index is 1.48. The highest BCUT2D eigenvalue weighted by atomic mass is 35.5. The standard InChI is InChI=1S/C27H24Cl2N2O4/c1-16(2)26-21(25(31-35-26)24-22(28)5-4-6-23(24)29)15-34-20-13-11-19(12-14-20)30-18-9-7-17(8-10-18)27(32)33-3/h4-14,16,30H,15H2,1-3H3. The predicted octanol–water partition coefficient (Wildman–Crippen LogP) is 7.88. The smallest absolute Gasteiger partial charge is 0.337 e. The van der Waals surface area contributed by atoms with Crippen LogP contribution in [0.5, 0.6) is 5.75 Å². The largest absolute Gasteiger partial charge is 0.489 e. The highest BCUT2D eigenvalue weighted by Gasteiger charge is 2.23. The molecule has 8 heteroatoms. The van der Waals surface area contributed by atoms with Gasteiger partial charge in [-0.3, -0.25) is 0 Å². The first-order valence-electron chi connectivity index (χ1n) is 11.0. The lowest BCUT2D eigenvalue weighted by molar-refractivity contribution is 0.0601. The molecule has 0 aliphatic heterocycles. The molecule has 1 heterocycles. The molecule has 0 saturated heterocycles. The summed E-state index contributed by atoms with van der Waals surface area (Å²) >= 11 is 12.8. The van der Waals surface area contributed by atoms with Gasteiger partial charge in [0.05, 0.1) is 28.3 Å². The fourth-order valence-electron chi connectivity index (χ4n) is 3.60. The van der Waals surface area contributed by atoms with Crippen LogP contribution in [0.3, 0.4) is 0 Å². The third-order valence-electron chi connectivity index (χ3n) is 5.37. The Morgan fingerprint density at radius 2 is 1.57 bits per heavy atom. The number of nitrogens with one attached hydrogen (secondary N) is 1. The number of esters is 1. The Morgan fingerprint density at radius 1 is 0.971 bits per heavy atom. The number of carbonyl (C=O) groups is 1. The van der Waals surface area contributed by atoms with Crippen molar-refractivity contribution in [1.82, 2.24) is 5.16 Å². The molecule has 0 aliphatic carbocycles. The molecule has 1 N–H and O–H groups in total. The summed E-state index contributed by atoms with van der Waals surface area (Å²) in [6.07, 6.45) is 0. The number of ether oxygens (including phenoxy) is 2. The highest BCUT2D eigenvalue weighted by molar-refractivity contribution is 6.39. The molecular formula is C27H24Cl2N2O4. The van der Waals surface area contributed by atoms with Crippen LogP contribution >= 0.6 is 23.2 Å². The summed E-state index contributed by atoms with van der Waals surface area (Å²) in [5.74, 6) is 1.15. The van der Waals surface area contributed by atoms with Crippen LogP contribution in [0.2, 0.25) is 10.0 Å². The average Bonchev–Trinajstić information content (AvgIpc) is 3.27. The Bertz CT molecular complexity index is 1300. The molecule has 0 unspecified atom stereocenters. The van der Waals surface area contributed by atoms with Crippen molar-refractivity contribution in [3.63, 3.8) is 0 Å². The van der Waals surface area contributed by atoms with Gasteiger partial charge in [0.25, 0.3) is 0 Å².